The number of phenols is 1. The number of carbonyl (C=O) groups is 1. The van der Waals surface area contributed by atoms with Gasteiger partial charge in [0, 0.05) is 18.5 Å². The van der Waals surface area contributed by atoms with Crippen molar-refractivity contribution in [2.45, 2.75) is 12.1 Å². The Balaban J connectivity index is 1.91. The lowest BCUT2D eigenvalue weighted by Gasteiger charge is -2.25. The zero-order chi connectivity index (χ0) is 14.7. The van der Waals surface area contributed by atoms with Crippen molar-refractivity contribution in [2.24, 2.45) is 0 Å². The molecule has 3 rings (SSSR count). The van der Waals surface area contributed by atoms with Crippen LogP contribution in [-0.2, 0) is 9.53 Å². The summed E-state index contributed by atoms with van der Waals surface area (Å²) in [7, 11) is 0. The van der Waals surface area contributed by atoms with E-state index in [1.54, 1.807) is 36.7 Å². The second kappa shape index (κ2) is 5.66. The van der Waals surface area contributed by atoms with E-state index in [0.717, 1.165) is 5.56 Å². The molecular formula is C16H14N2O3. The van der Waals surface area contributed by atoms with E-state index in [1.165, 1.54) is 6.08 Å². The topological polar surface area (TPSA) is 71.5 Å². The smallest absolute Gasteiger partial charge is 0.331 e. The molecule has 0 amide bonds. The number of aromatic hydroxyl groups is 1. The first kappa shape index (κ1) is 13.2. The summed E-state index contributed by atoms with van der Waals surface area (Å²) in [6, 6.07) is 10.3. The number of carbonyl (C=O) groups excluding carboxylic acids is 1. The van der Waals surface area contributed by atoms with Gasteiger partial charge in [-0.05, 0) is 35.9 Å². The average Bonchev–Trinajstić information content (AvgIpc) is 2.93. The molecule has 2 heterocycles. The van der Waals surface area contributed by atoms with Gasteiger partial charge in [-0.15, -0.1) is 0 Å². The number of ether oxygens (including phenoxy) is 1. The van der Waals surface area contributed by atoms with E-state index >= 15 is 0 Å². The Kier molecular flexibility index (Phi) is 3.55. The SMILES string of the molecule is O=C1C=C[C@H]([C@@H](Nc2ccccc2O)c2ccncc2)O1. The fourth-order valence-corrected chi connectivity index (χ4v) is 2.25. The van der Waals surface area contributed by atoms with E-state index in [9.17, 15) is 9.90 Å². The summed E-state index contributed by atoms with van der Waals surface area (Å²) in [5.74, 6) is -0.219. The predicted molar refractivity (Wildman–Crippen MR) is 77.7 cm³/mol. The van der Waals surface area contributed by atoms with Gasteiger partial charge >= 0.3 is 5.97 Å². The van der Waals surface area contributed by atoms with Crippen LogP contribution < -0.4 is 5.32 Å². The van der Waals surface area contributed by atoms with Crippen LogP contribution in [0.4, 0.5) is 5.69 Å². The molecule has 0 fully saturated rings. The Morgan fingerprint density at radius 1 is 1.19 bits per heavy atom. The van der Waals surface area contributed by atoms with Crippen LogP contribution in [-0.4, -0.2) is 22.2 Å². The molecule has 0 saturated carbocycles. The Morgan fingerprint density at radius 3 is 2.62 bits per heavy atom. The molecule has 0 spiro atoms. The number of esters is 1. The fraction of sp³-hybridized carbons (Fsp3) is 0.125. The highest BCUT2D eigenvalue weighted by molar-refractivity contribution is 5.84. The number of benzene rings is 1. The number of para-hydroxylation sites is 2. The number of hydrogen-bond acceptors (Lipinski definition) is 5. The Bertz CT molecular complexity index is 670. The predicted octanol–water partition coefficient (Wildman–Crippen LogP) is 2.42. The number of pyridine rings is 1. The van der Waals surface area contributed by atoms with Crippen LogP contribution >= 0.6 is 0 Å². The minimum Gasteiger partial charge on any atom is -0.506 e. The number of phenolic OH excluding ortho intramolecular Hbond substituents is 1. The summed E-state index contributed by atoms with van der Waals surface area (Å²) < 4.78 is 5.28. The van der Waals surface area contributed by atoms with Gasteiger partial charge in [0.05, 0.1) is 11.7 Å². The molecule has 2 N–H and O–H groups in total. The van der Waals surface area contributed by atoms with Crippen LogP contribution in [0.2, 0.25) is 0 Å². The molecule has 0 bridgehead atoms. The average molecular weight is 282 g/mol. The molecule has 0 aliphatic carbocycles. The monoisotopic (exact) mass is 282 g/mol. The molecule has 2 atom stereocenters. The molecule has 2 aromatic rings. The molecule has 1 aromatic carbocycles. The van der Waals surface area contributed by atoms with Gasteiger partial charge in [0.25, 0.3) is 0 Å². The standard InChI is InChI=1S/C16H14N2O3/c19-13-4-2-1-3-12(13)18-16(11-7-9-17-10-8-11)14-5-6-15(20)21-14/h1-10,14,16,18-19H/t14-,16+/m1/s1. The summed E-state index contributed by atoms with van der Waals surface area (Å²) >= 11 is 0. The fourth-order valence-electron chi connectivity index (χ4n) is 2.25. The van der Waals surface area contributed by atoms with Gasteiger partial charge in [0.2, 0.25) is 0 Å². The lowest BCUT2D eigenvalue weighted by molar-refractivity contribution is -0.139. The number of nitrogens with one attached hydrogen (secondary N) is 1. The van der Waals surface area contributed by atoms with Crippen LogP contribution in [0.1, 0.15) is 11.6 Å². The first-order valence-electron chi connectivity index (χ1n) is 6.57. The third-order valence-corrected chi connectivity index (χ3v) is 3.28. The molecule has 5 nitrogen and oxygen atoms in total. The first-order chi connectivity index (χ1) is 10.2. The summed E-state index contributed by atoms with van der Waals surface area (Å²) in [6.07, 6.45) is 6.04. The summed E-state index contributed by atoms with van der Waals surface area (Å²) in [4.78, 5) is 15.3. The Morgan fingerprint density at radius 2 is 1.95 bits per heavy atom. The maximum Gasteiger partial charge on any atom is 0.331 e. The lowest BCUT2D eigenvalue weighted by Crippen LogP contribution is -2.25. The molecule has 1 aliphatic rings. The van der Waals surface area contributed by atoms with E-state index in [-0.39, 0.29) is 17.8 Å². The lowest BCUT2D eigenvalue weighted by atomic mass is 10.0. The van der Waals surface area contributed by atoms with E-state index in [1.807, 2.05) is 18.2 Å². The maximum absolute atomic E-state index is 11.3. The Hall–Kier alpha value is -2.82. The van der Waals surface area contributed by atoms with Crippen LogP contribution in [0, 0.1) is 0 Å². The highest BCUT2D eigenvalue weighted by Gasteiger charge is 2.28. The van der Waals surface area contributed by atoms with Crippen molar-refractivity contribution in [1.82, 2.24) is 4.98 Å². The molecule has 106 valence electrons. The van der Waals surface area contributed by atoms with Crippen LogP contribution in [0.3, 0.4) is 0 Å². The third-order valence-electron chi connectivity index (χ3n) is 3.28. The summed E-state index contributed by atoms with van der Waals surface area (Å²) in [5.41, 5.74) is 1.49. The normalized spacial score (nSPS) is 18.3. The summed E-state index contributed by atoms with van der Waals surface area (Å²) in [5, 5.41) is 13.1. The van der Waals surface area contributed by atoms with E-state index in [2.05, 4.69) is 10.3 Å². The minimum atomic E-state index is -0.431. The zero-order valence-corrected chi connectivity index (χ0v) is 11.1. The summed E-state index contributed by atoms with van der Waals surface area (Å²) in [6.45, 7) is 0. The second-order valence-corrected chi connectivity index (χ2v) is 4.68. The number of anilines is 1. The minimum absolute atomic E-state index is 0.143. The van der Waals surface area contributed by atoms with Crippen LogP contribution in [0.5, 0.6) is 5.75 Å². The van der Waals surface area contributed by atoms with Gasteiger partial charge in [0.1, 0.15) is 11.9 Å². The largest absolute Gasteiger partial charge is 0.506 e. The maximum atomic E-state index is 11.3. The van der Waals surface area contributed by atoms with Crippen molar-refractivity contribution in [3.05, 3.63) is 66.5 Å². The molecule has 1 aliphatic heterocycles. The molecule has 0 unspecified atom stereocenters. The highest BCUT2D eigenvalue weighted by Crippen LogP contribution is 2.31. The van der Waals surface area contributed by atoms with Crippen molar-refractivity contribution in [2.75, 3.05) is 5.32 Å². The number of aromatic nitrogens is 1. The van der Waals surface area contributed by atoms with Gasteiger partial charge < -0.3 is 15.2 Å². The van der Waals surface area contributed by atoms with Gasteiger partial charge in [-0.25, -0.2) is 4.79 Å². The number of nitrogens with zero attached hydrogens (tertiary/aromatic N) is 1. The van der Waals surface area contributed by atoms with E-state index < -0.39 is 6.10 Å². The molecule has 1 aromatic heterocycles. The van der Waals surface area contributed by atoms with E-state index in [0.29, 0.717) is 5.69 Å². The van der Waals surface area contributed by atoms with Crippen molar-refractivity contribution < 1.29 is 14.6 Å². The van der Waals surface area contributed by atoms with Gasteiger partial charge in [-0.3, -0.25) is 4.98 Å². The number of rotatable bonds is 4. The highest BCUT2D eigenvalue weighted by atomic mass is 16.5. The van der Waals surface area contributed by atoms with E-state index in [4.69, 9.17) is 4.74 Å². The van der Waals surface area contributed by atoms with Crippen molar-refractivity contribution in [1.29, 1.82) is 0 Å². The van der Waals surface area contributed by atoms with Crippen LogP contribution in [0.15, 0.2) is 60.9 Å². The van der Waals surface area contributed by atoms with Crippen molar-refractivity contribution in [3.63, 3.8) is 0 Å². The van der Waals surface area contributed by atoms with Gasteiger partial charge in [-0.1, -0.05) is 12.1 Å². The second-order valence-electron chi connectivity index (χ2n) is 4.68. The molecule has 5 heteroatoms. The first-order valence-corrected chi connectivity index (χ1v) is 6.57. The zero-order valence-electron chi connectivity index (χ0n) is 11.1. The number of hydrogen-bond donors (Lipinski definition) is 2. The van der Waals surface area contributed by atoms with Crippen molar-refractivity contribution >= 4 is 11.7 Å². The Labute approximate surface area is 121 Å². The van der Waals surface area contributed by atoms with Gasteiger partial charge in [-0.2, -0.15) is 0 Å². The van der Waals surface area contributed by atoms with Crippen LogP contribution in [0.25, 0.3) is 0 Å². The quantitative estimate of drug-likeness (QED) is 0.665. The molecular weight excluding hydrogens is 268 g/mol. The van der Waals surface area contributed by atoms with Crippen molar-refractivity contribution in [3.8, 4) is 5.75 Å². The molecule has 21 heavy (non-hydrogen) atoms. The molecule has 0 radical (unpaired) electrons. The third kappa shape index (κ3) is 2.86. The number of cyclic esters (lactones) is 1. The van der Waals surface area contributed by atoms with Gasteiger partial charge in [0.15, 0.2) is 0 Å². The molecule has 0 saturated heterocycles.